The molecule has 2 atom stereocenters. The Bertz CT molecular complexity index is 1400. The molecule has 196 valence electrons. The second kappa shape index (κ2) is 10.6. The van der Waals surface area contributed by atoms with Gasteiger partial charge < -0.3 is 24.2 Å². The van der Waals surface area contributed by atoms with Crippen LogP contribution in [0.25, 0.3) is 5.76 Å². The van der Waals surface area contributed by atoms with Crippen LogP contribution in [-0.2, 0) is 22.6 Å². The third kappa shape index (κ3) is 4.72. The van der Waals surface area contributed by atoms with Crippen molar-refractivity contribution in [3.8, 4) is 17.2 Å². The average molecular weight is 514 g/mol. The molecular weight excluding hydrogens is 482 g/mol. The SMILES string of the molecule is CCOc1ccc([C@@H]2C(=C(O)c3ccc4c(c3)C[C@H](C)O4)C(=O)C(=O)N2Cc2ccccc2)cc1OCC. The van der Waals surface area contributed by atoms with Gasteiger partial charge in [0.05, 0.1) is 24.8 Å². The lowest BCUT2D eigenvalue weighted by atomic mass is 9.94. The Morgan fingerprint density at radius 2 is 1.71 bits per heavy atom. The van der Waals surface area contributed by atoms with Gasteiger partial charge in [-0.25, -0.2) is 0 Å². The number of rotatable bonds is 8. The summed E-state index contributed by atoms with van der Waals surface area (Å²) in [6.45, 7) is 6.84. The van der Waals surface area contributed by atoms with E-state index in [1.54, 1.807) is 24.3 Å². The Kier molecular flexibility index (Phi) is 7.09. The fraction of sp³-hybridized carbons (Fsp3) is 0.290. The molecule has 7 heteroatoms. The quantitative estimate of drug-likeness (QED) is 0.246. The van der Waals surface area contributed by atoms with E-state index in [0.29, 0.717) is 42.3 Å². The van der Waals surface area contributed by atoms with Crippen molar-refractivity contribution in [1.82, 2.24) is 4.90 Å². The van der Waals surface area contributed by atoms with Crippen LogP contribution in [0, 0.1) is 0 Å². The molecule has 2 aliphatic rings. The summed E-state index contributed by atoms with van der Waals surface area (Å²) >= 11 is 0. The van der Waals surface area contributed by atoms with Crippen LogP contribution in [0.4, 0.5) is 0 Å². The number of carbonyl (C=O) groups is 2. The van der Waals surface area contributed by atoms with Crippen LogP contribution in [0.5, 0.6) is 17.2 Å². The summed E-state index contributed by atoms with van der Waals surface area (Å²) in [4.78, 5) is 28.4. The van der Waals surface area contributed by atoms with Crippen molar-refractivity contribution in [3.63, 3.8) is 0 Å². The molecule has 1 saturated heterocycles. The number of nitrogens with zero attached hydrogens (tertiary/aromatic N) is 1. The fourth-order valence-corrected chi connectivity index (χ4v) is 5.13. The predicted octanol–water partition coefficient (Wildman–Crippen LogP) is 5.43. The first kappa shape index (κ1) is 25.4. The zero-order valence-electron chi connectivity index (χ0n) is 21.8. The third-order valence-corrected chi connectivity index (χ3v) is 6.79. The van der Waals surface area contributed by atoms with Crippen LogP contribution in [0.3, 0.4) is 0 Å². The highest BCUT2D eigenvalue weighted by Crippen LogP contribution is 2.43. The lowest BCUT2D eigenvalue weighted by molar-refractivity contribution is -0.140. The van der Waals surface area contributed by atoms with Gasteiger partial charge in [0.25, 0.3) is 11.7 Å². The van der Waals surface area contributed by atoms with Gasteiger partial charge in [0.2, 0.25) is 0 Å². The molecule has 7 nitrogen and oxygen atoms in total. The van der Waals surface area contributed by atoms with Crippen LogP contribution in [0.2, 0.25) is 0 Å². The molecule has 5 rings (SSSR count). The smallest absolute Gasteiger partial charge is 0.295 e. The van der Waals surface area contributed by atoms with Gasteiger partial charge in [-0.3, -0.25) is 9.59 Å². The molecule has 0 bridgehead atoms. The molecule has 2 heterocycles. The van der Waals surface area contributed by atoms with Gasteiger partial charge in [-0.05, 0) is 67.8 Å². The van der Waals surface area contributed by atoms with Gasteiger partial charge >= 0.3 is 0 Å². The summed E-state index contributed by atoms with van der Waals surface area (Å²) in [5.41, 5.74) is 2.99. The topological polar surface area (TPSA) is 85.3 Å². The number of carbonyl (C=O) groups excluding carboxylic acids is 2. The number of benzene rings is 3. The summed E-state index contributed by atoms with van der Waals surface area (Å²) in [6.07, 6.45) is 0.749. The van der Waals surface area contributed by atoms with E-state index in [1.807, 2.05) is 63.2 Å². The first-order valence-corrected chi connectivity index (χ1v) is 12.9. The van der Waals surface area contributed by atoms with Gasteiger partial charge in [-0.2, -0.15) is 0 Å². The minimum absolute atomic E-state index is 0.0414. The Hall–Kier alpha value is -4.26. The van der Waals surface area contributed by atoms with Gasteiger partial charge in [0.1, 0.15) is 17.6 Å². The third-order valence-electron chi connectivity index (χ3n) is 6.79. The summed E-state index contributed by atoms with van der Waals surface area (Å²) in [6, 6.07) is 19.4. The number of fused-ring (bicyclic) bond motifs is 1. The van der Waals surface area contributed by atoms with E-state index in [0.717, 1.165) is 16.9 Å². The van der Waals surface area contributed by atoms with Crippen molar-refractivity contribution in [2.45, 2.75) is 45.9 Å². The molecule has 0 aliphatic carbocycles. The molecule has 0 unspecified atom stereocenters. The highest BCUT2D eigenvalue weighted by molar-refractivity contribution is 6.46. The molecule has 1 fully saturated rings. The number of hydrogen-bond acceptors (Lipinski definition) is 6. The van der Waals surface area contributed by atoms with E-state index in [9.17, 15) is 14.7 Å². The first-order valence-electron chi connectivity index (χ1n) is 12.9. The monoisotopic (exact) mass is 513 g/mol. The molecule has 1 amide bonds. The highest BCUT2D eigenvalue weighted by Gasteiger charge is 2.46. The van der Waals surface area contributed by atoms with Crippen molar-refractivity contribution in [3.05, 3.63) is 94.6 Å². The van der Waals surface area contributed by atoms with E-state index < -0.39 is 17.7 Å². The van der Waals surface area contributed by atoms with E-state index >= 15 is 0 Å². The summed E-state index contributed by atoms with van der Waals surface area (Å²) in [5.74, 6) is 0.263. The first-order chi connectivity index (χ1) is 18.4. The molecule has 3 aromatic rings. The number of ether oxygens (including phenoxy) is 3. The van der Waals surface area contributed by atoms with E-state index in [-0.39, 0.29) is 24.0 Å². The van der Waals surface area contributed by atoms with Crippen LogP contribution in [0.15, 0.2) is 72.3 Å². The van der Waals surface area contributed by atoms with Crippen molar-refractivity contribution in [1.29, 1.82) is 0 Å². The fourth-order valence-electron chi connectivity index (χ4n) is 5.13. The number of aliphatic hydroxyl groups excluding tert-OH is 1. The zero-order chi connectivity index (χ0) is 26.8. The molecule has 0 radical (unpaired) electrons. The lowest BCUT2D eigenvalue weighted by Gasteiger charge is -2.26. The minimum atomic E-state index is -0.812. The number of likely N-dealkylation sites (tertiary alicyclic amines) is 1. The Morgan fingerprint density at radius 3 is 2.45 bits per heavy atom. The normalized spacial score (nSPS) is 19.8. The average Bonchev–Trinajstić information content (AvgIpc) is 3.41. The summed E-state index contributed by atoms with van der Waals surface area (Å²) in [5, 5.41) is 11.5. The number of hydrogen-bond donors (Lipinski definition) is 1. The standard InChI is InChI=1S/C31H31NO6/c1-4-36-25-14-11-21(17-26(25)37-5-2)28-27(29(33)22-12-13-24-23(16-22)15-19(3)38-24)30(34)31(35)32(28)18-20-9-7-6-8-10-20/h6-14,16-17,19,28,33H,4-5,15,18H2,1-3H3/t19-,28+/m0/s1. The summed E-state index contributed by atoms with van der Waals surface area (Å²) in [7, 11) is 0. The molecule has 1 N–H and O–H groups in total. The number of amides is 1. The van der Waals surface area contributed by atoms with E-state index in [1.165, 1.54) is 4.90 Å². The van der Waals surface area contributed by atoms with Crippen LogP contribution >= 0.6 is 0 Å². The van der Waals surface area contributed by atoms with Crippen molar-refractivity contribution in [2.24, 2.45) is 0 Å². The van der Waals surface area contributed by atoms with Crippen LogP contribution in [-0.4, -0.2) is 41.0 Å². The molecule has 0 saturated carbocycles. The Balaban J connectivity index is 1.65. The molecular formula is C31H31NO6. The van der Waals surface area contributed by atoms with Gasteiger partial charge in [0, 0.05) is 18.5 Å². The molecule has 0 aromatic heterocycles. The molecule has 0 spiro atoms. The van der Waals surface area contributed by atoms with Gasteiger partial charge in [-0.1, -0.05) is 36.4 Å². The Morgan fingerprint density at radius 1 is 0.974 bits per heavy atom. The van der Waals surface area contributed by atoms with Gasteiger partial charge in [-0.15, -0.1) is 0 Å². The van der Waals surface area contributed by atoms with Crippen LogP contribution in [0.1, 0.15) is 49.1 Å². The number of aliphatic hydroxyl groups is 1. The minimum Gasteiger partial charge on any atom is -0.507 e. The largest absolute Gasteiger partial charge is 0.507 e. The van der Waals surface area contributed by atoms with Crippen molar-refractivity contribution >= 4 is 17.4 Å². The number of ketones is 1. The number of Topliss-reactive ketones (excluding diaryl/α,β-unsaturated/α-hetero) is 1. The van der Waals surface area contributed by atoms with Crippen molar-refractivity contribution < 1.29 is 28.9 Å². The van der Waals surface area contributed by atoms with E-state index in [2.05, 4.69) is 0 Å². The second-order valence-corrected chi connectivity index (χ2v) is 9.44. The second-order valence-electron chi connectivity index (χ2n) is 9.44. The highest BCUT2D eigenvalue weighted by atomic mass is 16.5. The van der Waals surface area contributed by atoms with Crippen molar-refractivity contribution in [2.75, 3.05) is 13.2 Å². The summed E-state index contributed by atoms with van der Waals surface area (Å²) < 4.78 is 17.3. The van der Waals surface area contributed by atoms with Gasteiger partial charge in [0.15, 0.2) is 11.5 Å². The lowest BCUT2D eigenvalue weighted by Crippen LogP contribution is -2.29. The van der Waals surface area contributed by atoms with Crippen LogP contribution < -0.4 is 14.2 Å². The zero-order valence-corrected chi connectivity index (χ0v) is 21.8. The molecule has 38 heavy (non-hydrogen) atoms. The molecule has 2 aliphatic heterocycles. The Labute approximate surface area is 222 Å². The maximum Gasteiger partial charge on any atom is 0.295 e. The molecule has 3 aromatic carbocycles. The maximum atomic E-state index is 13.5. The van der Waals surface area contributed by atoms with E-state index in [4.69, 9.17) is 14.2 Å². The predicted molar refractivity (Wildman–Crippen MR) is 143 cm³/mol. The maximum absolute atomic E-state index is 13.5.